The number of aromatic amines is 2. The third-order valence-electron chi connectivity index (χ3n) is 2.74. The summed E-state index contributed by atoms with van der Waals surface area (Å²) in [6, 6.07) is 4.83. The summed E-state index contributed by atoms with van der Waals surface area (Å²) in [6.07, 6.45) is 2.57. The van der Waals surface area contributed by atoms with Crippen LogP contribution >= 0.6 is 0 Å². The minimum atomic E-state index is -1.09. The molecule has 0 unspecified atom stereocenters. The zero-order valence-electron chi connectivity index (χ0n) is 10.9. The fraction of sp³-hybridized carbons (Fsp3) is 0.0769. The van der Waals surface area contributed by atoms with Crippen molar-refractivity contribution in [3.63, 3.8) is 0 Å². The third-order valence-corrected chi connectivity index (χ3v) is 2.74. The Hall–Kier alpha value is -3.16. The standard InChI is InChI=1S/C13H11N3O5/c1-7-2-5-10(17)8(6-7)3-4-9-11(16(20)21)12(18)15-13(19)14-9/h2-6,17H,1H3,(H2,14,15,18,19). The molecule has 0 radical (unpaired) electrons. The van der Waals surface area contributed by atoms with E-state index >= 15 is 0 Å². The van der Waals surface area contributed by atoms with Gasteiger partial charge in [0.25, 0.3) is 0 Å². The maximum atomic E-state index is 11.4. The highest BCUT2D eigenvalue weighted by Crippen LogP contribution is 2.21. The number of H-pyrrole nitrogens is 2. The molecule has 0 aliphatic carbocycles. The number of phenolic OH excluding ortho intramolecular Hbond substituents is 1. The van der Waals surface area contributed by atoms with Crippen LogP contribution < -0.4 is 11.2 Å². The van der Waals surface area contributed by atoms with Crippen molar-refractivity contribution in [3.05, 3.63) is 66.0 Å². The lowest BCUT2D eigenvalue weighted by molar-refractivity contribution is -0.386. The Balaban J connectivity index is 2.55. The van der Waals surface area contributed by atoms with E-state index in [-0.39, 0.29) is 11.4 Å². The number of hydrogen-bond acceptors (Lipinski definition) is 5. The lowest BCUT2D eigenvalue weighted by Crippen LogP contribution is -2.25. The summed E-state index contributed by atoms with van der Waals surface area (Å²) < 4.78 is 0. The van der Waals surface area contributed by atoms with Gasteiger partial charge in [-0.05, 0) is 31.2 Å². The Morgan fingerprint density at radius 1 is 1.24 bits per heavy atom. The summed E-state index contributed by atoms with van der Waals surface area (Å²) in [4.78, 5) is 36.6. The van der Waals surface area contributed by atoms with Crippen LogP contribution in [0.5, 0.6) is 5.75 Å². The van der Waals surface area contributed by atoms with Gasteiger partial charge >= 0.3 is 16.9 Å². The van der Waals surface area contributed by atoms with E-state index in [9.17, 15) is 24.8 Å². The number of aryl methyl sites for hydroxylation is 1. The van der Waals surface area contributed by atoms with E-state index in [1.54, 1.807) is 17.1 Å². The minimum Gasteiger partial charge on any atom is -0.507 e. The van der Waals surface area contributed by atoms with Crippen molar-refractivity contribution in [1.29, 1.82) is 0 Å². The van der Waals surface area contributed by atoms with E-state index in [2.05, 4.69) is 4.98 Å². The molecule has 0 saturated carbocycles. The number of nitrogens with one attached hydrogen (secondary N) is 2. The molecule has 8 heteroatoms. The molecule has 8 nitrogen and oxygen atoms in total. The molecule has 108 valence electrons. The van der Waals surface area contributed by atoms with E-state index in [0.717, 1.165) is 5.56 Å². The summed E-state index contributed by atoms with van der Waals surface area (Å²) >= 11 is 0. The molecule has 0 amide bonds. The highest BCUT2D eigenvalue weighted by Gasteiger charge is 2.18. The van der Waals surface area contributed by atoms with Crippen molar-refractivity contribution in [2.75, 3.05) is 0 Å². The van der Waals surface area contributed by atoms with E-state index in [0.29, 0.717) is 5.56 Å². The zero-order chi connectivity index (χ0) is 15.6. The van der Waals surface area contributed by atoms with Crippen LogP contribution in [0.2, 0.25) is 0 Å². The van der Waals surface area contributed by atoms with E-state index in [1.807, 2.05) is 6.92 Å². The summed E-state index contributed by atoms with van der Waals surface area (Å²) in [5, 5.41) is 20.5. The maximum absolute atomic E-state index is 11.4. The first-order chi connectivity index (χ1) is 9.88. The molecule has 0 fully saturated rings. The average Bonchev–Trinajstić information content (AvgIpc) is 2.38. The van der Waals surface area contributed by atoms with E-state index in [4.69, 9.17) is 0 Å². The summed E-state index contributed by atoms with van der Waals surface area (Å²) in [5.74, 6) is -0.0216. The van der Waals surface area contributed by atoms with Gasteiger partial charge in [0, 0.05) is 5.56 Å². The molecule has 21 heavy (non-hydrogen) atoms. The summed E-state index contributed by atoms with van der Waals surface area (Å²) in [6.45, 7) is 1.81. The monoisotopic (exact) mass is 289 g/mol. The Morgan fingerprint density at radius 3 is 2.62 bits per heavy atom. The number of nitro groups is 1. The molecule has 0 saturated heterocycles. The third kappa shape index (κ3) is 3.06. The van der Waals surface area contributed by atoms with Gasteiger partial charge in [-0.1, -0.05) is 11.6 Å². The molecule has 0 aliphatic heterocycles. The van der Waals surface area contributed by atoms with Gasteiger partial charge in [-0.25, -0.2) is 4.79 Å². The van der Waals surface area contributed by atoms with Gasteiger partial charge in [0.1, 0.15) is 11.4 Å². The number of rotatable bonds is 3. The van der Waals surface area contributed by atoms with E-state index in [1.165, 1.54) is 18.2 Å². The quantitative estimate of drug-likeness (QED) is 0.576. The first-order valence-electron chi connectivity index (χ1n) is 5.87. The lowest BCUT2D eigenvalue weighted by Gasteiger charge is -2.00. The van der Waals surface area contributed by atoms with Crippen molar-refractivity contribution >= 4 is 17.8 Å². The number of aromatic hydroxyl groups is 1. The Labute approximate surface area is 117 Å². The number of aromatic nitrogens is 2. The molecule has 2 aromatic rings. The van der Waals surface area contributed by atoms with Crippen molar-refractivity contribution in [2.24, 2.45) is 0 Å². The van der Waals surface area contributed by atoms with Crippen LogP contribution in [0.4, 0.5) is 5.69 Å². The highest BCUT2D eigenvalue weighted by molar-refractivity contribution is 5.74. The second-order valence-electron chi connectivity index (χ2n) is 4.32. The van der Waals surface area contributed by atoms with E-state index < -0.39 is 21.9 Å². The molecule has 1 aromatic carbocycles. The van der Waals surface area contributed by atoms with Gasteiger partial charge in [0.2, 0.25) is 0 Å². The number of phenols is 1. The molecular formula is C13H11N3O5. The molecule has 0 atom stereocenters. The highest BCUT2D eigenvalue weighted by atomic mass is 16.6. The average molecular weight is 289 g/mol. The molecule has 0 aliphatic rings. The molecular weight excluding hydrogens is 278 g/mol. The van der Waals surface area contributed by atoms with Crippen molar-refractivity contribution in [2.45, 2.75) is 6.92 Å². The number of nitrogens with zero attached hydrogens (tertiary/aromatic N) is 1. The van der Waals surface area contributed by atoms with Crippen molar-refractivity contribution < 1.29 is 10.0 Å². The van der Waals surface area contributed by atoms with Crippen LogP contribution in [0.1, 0.15) is 16.8 Å². The van der Waals surface area contributed by atoms with Crippen LogP contribution in [-0.4, -0.2) is 20.0 Å². The molecule has 1 aromatic heterocycles. The van der Waals surface area contributed by atoms with Crippen LogP contribution in [0.25, 0.3) is 12.2 Å². The lowest BCUT2D eigenvalue weighted by atomic mass is 10.1. The molecule has 1 heterocycles. The Morgan fingerprint density at radius 2 is 1.95 bits per heavy atom. The van der Waals surface area contributed by atoms with Crippen LogP contribution in [0.15, 0.2) is 27.8 Å². The fourth-order valence-corrected chi connectivity index (χ4v) is 1.78. The topological polar surface area (TPSA) is 129 Å². The first-order valence-corrected chi connectivity index (χ1v) is 5.87. The van der Waals surface area contributed by atoms with Gasteiger partial charge in [-0.2, -0.15) is 0 Å². The second-order valence-corrected chi connectivity index (χ2v) is 4.32. The van der Waals surface area contributed by atoms with Gasteiger partial charge in [0.05, 0.1) is 4.92 Å². The van der Waals surface area contributed by atoms with Crippen LogP contribution in [0, 0.1) is 17.0 Å². The van der Waals surface area contributed by atoms with Gasteiger partial charge in [-0.15, -0.1) is 0 Å². The largest absolute Gasteiger partial charge is 0.507 e. The Kier molecular flexibility index (Phi) is 3.70. The second kappa shape index (κ2) is 5.45. The van der Waals surface area contributed by atoms with Crippen LogP contribution in [-0.2, 0) is 0 Å². The first kappa shape index (κ1) is 14.3. The molecule has 3 N–H and O–H groups in total. The smallest absolute Gasteiger partial charge is 0.357 e. The maximum Gasteiger partial charge on any atom is 0.357 e. The molecule has 0 bridgehead atoms. The number of hydrogen-bond donors (Lipinski definition) is 3. The van der Waals surface area contributed by atoms with Crippen molar-refractivity contribution in [3.8, 4) is 5.75 Å². The SMILES string of the molecule is Cc1ccc(O)c(C=Cc2[nH]c(=O)[nH]c(=O)c2[N+](=O)[O-])c1. The summed E-state index contributed by atoms with van der Waals surface area (Å²) in [7, 11) is 0. The van der Waals surface area contributed by atoms with Crippen molar-refractivity contribution in [1.82, 2.24) is 9.97 Å². The van der Waals surface area contributed by atoms with Crippen LogP contribution in [0.3, 0.4) is 0 Å². The van der Waals surface area contributed by atoms with Gasteiger partial charge in [0.15, 0.2) is 0 Å². The Bertz CT molecular complexity index is 848. The zero-order valence-corrected chi connectivity index (χ0v) is 10.9. The predicted octanol–water partition coefficient (Wildman–Crippen LogP) is 1.16. The van der Waals surface area contributed by atoms with Gasteiger partial charge < -0.3 is 10.1 Å². The molecule has 2 rings (SSSR count). The number of benzene rings is 1. The predicted molar refractivity (Wildman–Crippen MR) is 76.1 cm³/mol. The van der Waals surface area contributed by atoms with Gasteiger partial charge in [-0.3, -0.25) is 19.9 Å². The molecule has 0 spiro atoms. The fourth-order valence-electron chi connectivity index (χ4n) is 1.78. The summed E-state index contributed by atoms with van der Waals surface area (Å²) in [5.41, 5.74) is -1.66. The minimum absolute atomic E-state index is 0.0216. The normalized spacial score (nSPS) is 10.9.